The third kappa shape index (κ3) is 3.69. The number of aryl methyl sites for hydroxylation is 1. The van der Waals surface area contributed by atoms with E-state index in [2.05, 4.69) is 19.9 Å². The van der Waals surface area contributed by atoms with Gasteiger partial charge in [-0.25, -0.2) is 13.4 Å². The first-order valence-electron chi connectivity index (χ1n) is 9.59. The zero-order valence-corrected chi connectivity index (χ0v) is 17.3. The molecule has 0 amide bonds. The van der Waals surface area contributed by atoms with Crippen molar-refractivity contribution in [3.05, 3.63) is 84.6 Å². The van der Waals surface area contributed by atoms with Crippen molar-refractivity contribution >= 4 is 26.8 Å². The van der Waals surface area contributed by atoms with Crippen molar-refractivity contribution in [3.8, 4) is 22.7 Å². The minimum Gasteiger partial charge on any atom is -0.436 e. The first-order chi connectivity index (χ1) is 15.0. The zero-order chi connectivity index (χ0) is 21.4. The van der Waals surface area contributed by atoms with Crippen molar-refractivity contribution in [1.82, 2.24) is 15.2 Å². The molecular formula is C23H18N4O3S. The molecule has 0 spiro atoms. The fourth-order valence-electron chi connectivity index (χ4n) is 3.32. The lowest BCUT2D eigenvalue weighted by molar-refractivity contribution is 0.601. The molecule has 0 aliphatic rings. The summed E-state index contributed by atoms with van der Waals surface area (Å²) in [7, 11) is -3.70. The molecule has 0 saturated heterocycles. The van der Waals surface area contributed by atoms with Gasteiger partial charge >= 0.3 is 0 Å². The van der Waals surface area contributed by atoms with Crippen LogP contribution in [0.3, 0.4) is 0 Å². The molecule has 5 rings (SSSR count). The van der Waals surface area contributed by atoms with Crippen molar-refractivity contribution in [2.24, 2.45) is 0 Å². The molecule has 5 aromatic rings. The van der Waals surface area contributed by atoms with Crippen molar-refractivity contribution in [1.29, 1.82) is 0 Å². The minimum absolute atomic E-state index is 0.204. The Bertz CT molecular complexity index is 1450. The largest absolute Gasteiger partial charge is 0.436 e. The molecule has 3 aromatic carbocycles. The van der Waals surface area contributed by atoms with Crippen LogP contribution >= 0.6 is 0 Å². The number of para-hydroxylation sites is 2. The standard InChI is InChI=1S/C23H18N4O3S/c1-15-9-11-18(12-10-15)31(28,29)27-17-6-4-5-16(13-17)22-19(14-24-26-22)23-25-20-7-2-3-8-21(20)30-23/h2-14,27H,1H3,(H,24,26). The number of sulfonamides is 1. The van der Waals surface area contributed by atoms with Crippen LogP contribution in [0.25, 0.3) is 33.8 Å². The van der Waals surface area contributed by atoms with Crippen LogP contribution in [-0.2, 0) is 10.0 Å². The number of rotatable bonds is 5. The molecule has 0 radical (unpaired) electrons. The highest BCUT2D eigenvalue weighted by Crippen LogP contribution is 2.33. The number of benzene rings is 3. The van der Waals surface area contributed by atoms with Gasteiger partial charge in [0.1, 0.15) is 11.2 Å². The molecule has 0 aliphatic heterocycles. The van der Waals surface area contributed by atoms with Crippen molar-refractivity contribution in [2.45, 2.75) is 11.8 Å². The monoisotopic (exact) mass is 430 g/mol. The molecule has 154 valence electrons. The normalized spacial score (nSPS) is 11.6. The number of aromatic amines is 1. The number of anilines is 1. The Morgan fingerprint density at radius 1 is 0.968 bits per heavy atom. The van der Waals surface area contributed by atoms with Gasteiger partial charge in [-0.2, -0.15) is 5.10 Å². The second-order valence-corrected chi connectivity index (χ2v) is 8.82. The highest BCUT2D eigenvalue weighted by molar-refractivity contribution is 7.92. The van der Waals surface area contributed by atoms with Gasteiger partial charge in [-0.1, -0.05) is 42.0 Å². The molecule has 2 aromatic heterocycles. The van der Waals surface area contributed by atoms with E-state index in [1.54, 1.807) is 48.7 Å². The Hall–Kier alpha value is -3.91. The molecule has 7 nitrogen and oxygen atoms in total. The van der Waals surface area contributed by atoms with Gasteiger partial charge in [0.15, 0.2) is 5.58 Å². The van der Waals surface area contributed by atoms with Gasteiger partial charge in [0, 0.05) is 17.4 Å². The first-order valence-corrected chi connectivity index (χ1v) is 11.1. The van der Waals surface area contributed by atoms with Gasteiger partial charge in [-0.15, -0.1) is 0 Å². The molecule has 2 N–H and O–H groups in total. The van der Waals surface area contributed by atoms with Crippen LogP contribution in [0.15, 0.2) is 88.3 Å². The number of H-pyrrole nitrogens is 1. The number of nitrogens with zero attached hydrogens (tertiary/aromatic N) is 2. The number of aromatic nitrogens is 3. The first kappa shape index (κ1) is 19.1. The third-order valence-electron chi connectivity index (χ3n) is 4.88. The van der Waals surface area contributed by atoms with E-state index in [9.17, 15) is 8.42 Å². The lowest BCUT2D eigenvalue weighted by atomic mass is 10.1. The molecule has 31 heavy (non-hydrogen) atoms. The minimum atomic E-state index is -3.70. The summed E-state index contributed by atoms with van der Waals surface area (Å²) in [4.78, 5) is 4.74. The predicted molar refractivity (Wildman–Crippen MR) is 119 cm³/mol. The summed E-state index contributed by atoms with van der Waals surface area (Å²) < 4.78 is 34.0. The summed E-state index contributed by atoms with van der Waals surface area (Å²) in [5.74, 6) is 0.440. The number of fused-ring (bicyclic) bond motifs is 1. The Morgan fingerprint density at radius 3 is 2.58 bits per heavy atom. The molecule has 0 bridgehead atoms. The van der Waals surface area contributed by atoms with Crippen molar-refractivity contribution in [2.75, 3.05) is 4.72 Å². The van der Waals surface area contributed by atoms with Crippen molar-refractivity contribution < 1.29 is 12.8 Å². The topological polar surface area (TPSA) is 101 Å². The molecule has 0 unspecified atom stereocenters. The highest BCUT2D eigenvalue weighted by atomic mass is 32.2. The molecule has 0 fully saturated rings. The summed E-state index contributed by atoms with van der Waals surface area (Å²) in [6, 6.07) is 21.3. The number of hydrogen-bond acceptors (Lipinski definition) is 5. The van der Waals surface area contributed by atoms with Crippen LogP contribution in [0, 0.1) is 6.92 Å². The van der Waals surface area contributed by atoms with E-state index in [1.165, 1.54) is 0 Å². The summed E-state index contributed by atoms with van der Waals surface area (Å²) in [5.41, 5.74) is 4.89. The summed E-state index contributed by atoms with van der Waals surface area (Å²) in [5, 5.41) is 7.19. The number of nitrogens with one attached hydrogen (secondary N) is 2. The lowest BCUT2D eigenvalue weighted by Gasteiger charge is -2.09. The fourth-order valence-corrected chi connectivity index (χ4v) is 4.37. The number of oxazole rings is 1. The van der Waals surface area contributed by atoms with E-state index in [0.717, 1.165) is 16.6 Å². The average Bonchev–Trinajstić information content (AvgIpc) is 3.41. The smallest absolute Gasteiger partial charge is 0.261 e. The van der Waals surface area contributed by atoms with E-state index in [-0.39, 0.29) is 4.90 Å². The van der Waals surface area contributed by atoms with E-state index >= 15 is 0 Å². The van der Waals surface area contributed by atoms with Crippen LogP contribution in [0.4, 0.5) is 5.69 Å². The van der Waals surface area contributed by atoms with Gasteiger partial charge in [0.2, 0.25) is 5.89 Å². The summed E-state index contributed by atoms with van der Waals surface area (Å²) in [6.07, 6.45) is 1.71. The molecule has 0 aliphatic carbocycles. The van der Waals surface area contributed by atoms with Crippen LogP contribution in [0.5, 0.6) is 0 Å². The van der Waals surface area contributed by atoms with Gasteiger partial charge < -0.3 is 4.42 Å². The molecule has 2 heterocycles. The highest BCUT2D eigenvalue weighted by Gasteiger charge is 2.18. The maximum atomic E-state index is 12.7. The Balaban J connectivity index is 1.49. The Kier molecular flexibility index (Phi) is 4.56. The SMILES string of the molecule is Cc1ccc(S(=O)(=O)Nc2cccc(-c3n[nH]cc3-c3nc4ccccc4o3)c2)cc1. The van der Waals surface area contributed by atoms with Crippen LogP contribution in [-0.4, -0.2) is 23.6 Å². The van der Waals surface area contributed by atoms with Crippen LogP contribution in [0.1, 0.15) is 5.56 Å². The Labute approximate surface area is 178 Å². The molecule has 0 saturated carbocycles. The fraction of sp³-hybridized carbons (Fsp3) is 0.0435. The average molecular weight is 430 g/mol. The number of hydrogen-bond donors (Lipinski definition) is 2. The maximum absolute atomic E-state index is 12.7. The molecule has 0 atom stereocenters. The van der Waals surface area contributed by atoms with Gasteiger partial charge in [-0.05, 0) is 43.3 Å². The third-order valence-corrected chi connectivity index (χ3v) is 6.28. The summed E-state index contributed by atoms with van der Waals surface area (Å²) >= 11 is 0. The van der Waals surface area contributed by atoms with Crippen LogP contribution < -0.4 is 4.72 Å². The lowest BCUT2D eigenvalue weighted by Crippen LogP contribution is -2.12. The van der Waals surface area contributed by atoms with E-state index < -0.39 is 10.0 Å². The zero-order valence-electron chi connectivity index (χ0n) is 16.5. The quantitative estimate of drug-likeness (QED) is 0.409. The van der Waals surface area contributed by atoms with E-state index in [0.29, 0.717) is 28.4 Å². The van der Waals surface area contributed by atoms with Gasteiger partial charge in [0.05, 0.1) is 10.5 Å². The second kappa shape index (κ2) is 7.41. The summed E-state index contributed by atoms with van der Waals surface area (Å²) in [6.45, 7) is 1.91. The molecular weight excluding hydrogens is 412 g/mol. The maximum Gasteiger partial charge on any atom is 0.261 e. The molecule has 8 heteroatoms. The second-order valence-electron chi connectivity index (χ2n) is 7.13. The van der Waals surface area contributed by atoms with E-state index in [1.807, 2.05) is 37.3 Å². The van der Waals surface area contributed by atoms with Crippen molar-refractivity contribution in [3.63, 3.8) is 0 Å². The van der Waals surface area contributed by atoms with Crippen LogP contribution in [0.2, 0.25) is 0 Å². The van der Waals surface area contributed by atoms with E-state index in [4.69, 9.17) is 4.42 Å². The predicted octanol–water partition coefficient (Wildman–Crippen LogP) is 4.99. The van der Waals surface area contributed by atoms with Gasteiger partial charge in [-0.3, -0.25) is 9.82 Å². The van der Waals surface area contributed by atoms with Gasteiger partial charge in [0.25, 0.3) is 10.0 Å². The Morgan fingerprint density at radius 2 is 1.77 bits per heavy atom.